The highest BCUT2D eigenvalue weighted by molar-refractivity contribution is 7.31. The van der Waals surface area contributed by atoms with Crippen LogP contribution in [-0.4, -0.2) is 8.07 Å². The van der Waals surface area contributed by atoms with Crippen LogP contribution in [0.3, 0.4) is 0 Å². The minimum atomic E-state index is -2.98. The largest absolute Gasteiger partial charge is 0.183 e. The Hall–Kier alpha value is -6.54. The second-order valence-electron chi connectivity index (χ2n) is 14.0. The van der Waals surface area contributed by atoms with Gasteiger partial charge in [-0.05, 0) is 87.5 Å². The molecule has 8 aromatic rings. The molecule has 1 spiro atoms. The predicted octanol–water partition coefficient (Wildman–Crippen LogP) is 11.9. The molecule has 8 aromatic carbocycles. The highest BCUT2D eigenvalue weighted by Gasteiger charge is 2.57. The van der Waals surface area contributed by atoms with Crippen molar-refractivity contribution >= 4 is 40.0 Å². The Labute approximate surface area is 312 Å². The molecule has 53 heavy (non-hydrogen) atoms. The average Bonchev–Trinajstić information content (AvgIpc) is 3.73. The van der Waals surface area contributed by atoms with Crippen molar-refractivity contribution in [3.63, 3.8) is 0 Å². The molecule has 2 heterocycles. The second kappa shape index (κ2) is 12.9. The van der Waals surface area contributed by atoms with Crippen molar-refractivity contribution in [2.75, 3.05) is 0 Å². The van der Waals surface area contributed by atoms with Crippen LogP contribution in [0.4, 0.5) is 0 Å². The molecule has 2 aliphatic rings. The van der Waals surface area contributed by atoms with Crippen molar-refractivity contribution in [3.05, 3.63) is 241 Å². The van der Waals surface area contributed by atoms with Gasteiger partial charge >= 0.3 is 0 Å². The molecule has 0 aromatic heterocycles. The molecule has 0 saturated heterocycles. The lowest BCUT2D eigenvalue weighted by Crippen LogP contribution is -2.56. The van der Waals surface area contributed by atoms with Crippen LogP contribution in [0.1, 0.15) is 22.3 Å². The molecule has 0 aliphatic carbocycles. The van der Waals surface area contributed by atoms with Crippen molar-refractivity contribution in [1.82, 2.24) is 0 Å². The monoisotopic (exact) mass is 688 g/mol. The van der Waals surface area contributed by atoms with E-state index >= 15 is 0 Å². The maximum Gasteiger partial charge on any atom is 0.183 e. The van der Waals surface area contributed by atoms with Gasteiger partial charge in [0.15, 0.2) is 8.07 Å². The summed E-state index contributed by atoms with van der Waals surface area (Å²) in [6.07, 6.45) is 0. The molecule has 0 nitrogen and oxygen atoms in total. The molecular weight excluding hydrogens is 653 g/mol. The summed E-state index contributed by atoms with van der Waals surface area (Å²) in [5, 5.41) is 5.85. The molecule has 248 valence electrons. The van der Waals surface area contributed by atoms with Gasteiger partial charge in [0.1, 0.15) is 0 Å². The number of hydrogen-bond donors (Lipinski definition) is 0. The third-order valence-corrected chi connectivity index (χ3v) is 16.2. The van der Waals surface area contributed by atoms with E-state index in [4.69, 9.17) is 0 Å². The van der Waals surface area contributed by atoms with E-state index < -0.39 is 8.07 Å². The van der Waals surface area contributed by atoms with E-state index in [9.17, 15) is 0 Å². The quantitative estimate of drug-likeness (QED) is 0.153. The molecule has 0 fully saturated rings. The first-order valence-corrected chi connectivity index (χ1v) is 20.4. The van der Waals surface area contributed by atoms with E-state index in [1.807, 2.05) is 0 Å². The maximum absolute atomic E-state index is 2.98. The van der Waals surface area contributed by atoms with Crippen molar-refractivity contribution in [1.29, 1.82) is 0 Å². The highest BCUT2D eigenvalue weighted by atomic mass is 28.3. The minimum absolute atomic E-state index is 1.23. The summed E-state index contributed by atoms with van der Waals surface area (Å²) in [6, 6.07) is 81.1. The molecule has 1 heteroatoms. The summed E-state index contributed by atoms with van der Waals surface area (Å²) in [5.74, 6) is 0. The highest BCUT2D eigenvalue weighted by Crippen LogP contribution is 2.57. The fourth-order valence-electron chi connectivity index (χ4n) is 8.95. The fourth-order valence-corrected chi connectivity index (χ4v) is 15.0. The fraction of sp³-hybridized carbons (Fsp3) is 0. The SMILES string of the molecule is c1ccc(C2=C(c3ccc(-c4ccccc4)cc3)[Si]3(C(c4ccc(-c5ccccc5)cc4)=C2c2ccccc2)c2ccccc2-c2ccccc23)cc1. The van der Waals surface area contributed by atoms with Crippen LogP contribution in [0.25, 0.3) is 54.9 Å². The lowest BCUT2D eigenvalue weighted by Gasteiger charge is -2.33. The van der Waals surface area contributed by atoms with E-state index in [2.05, 4.69) is 218 Å². The number of benzene rings is 8. The molecule has 0 saturated carbocycles. The smallest absolute Gasteiger partial charge is 0.0623 e. The predicted molar refractivity (Wildman–Crippen MR) is 227 cm³/mol. The van der Waals surface area contributed by atoms with Crippen molar-refractivity contribution in [3.8, 4) is 33.4 Å². The van der Waals surface area contributed by atoms with Gasteiger partial charge in [-0.3, -0.25) is 0 Å². The van der Waals surface area contributed by atoms with Crippen LogP contribution in [0.2, 0.25) is 0 Å². The maximum atomic E-state index is 2.44. The Bertz CT molecular complexity index is 2460. The summed E-state index contributed by atoms with van der Waals surface area (Å²) < 4.78 is 0. The Balaban J connectivity index is 1.35. The van der Waals surface area contributed by atoms with Crippen LogP contribution < -0.4 is 10.4 Å². The topological polar surface area (TPSA) is 0 Å². The molecule has 2 aliphatic heterocycles. The van der Waals surface area contributed by atoms with Crippen LogP contribution in [0.5, 0.6) is 0 Å². The first-order chi connectivity index (χ1) is 26.3. The van der Waals surface area contributed by atoms with Crippen LogP contribution in [0, 0.1) is 0 Å². The summed E-state index contributed by atoms with van der Waals surface area (Å²) in [5.41, 5.74) is 15.4. The van der Waals surface area contributed by atoms with Crippen molar-refractivity contribution in [2.45, 2.75) is 0 Å². The van der Waals surface area contributed by atoms with Gasteiger partial charge in [-0.1, -0.05) is 218 Å². The Morgan fingerprint density at radius 1 is 0.208 bits per heavy atom. The van der Waals surface area contributed by atoms with E-state index in [0.29, 0.717) is 0 Å². The van der Waals surface area contributed by atoms with Gasteiger partial charge in [-0.2, -0.15) is 0 Å². The molecule has 0 radical (unpaired) electrons. The zero-order valence-electron chi connectivity index (χ0n) is 29.3. The van der Waals surface area contributed by atoms with Gasteiger partial charge in [0.25, 0.3) is 0 Å². The third kappa shape index (κ3) is 4.97. The Kier molecular flexibility index (Phi) is 7.60. The van der Waals surface area contributed by atoms with E-state index in [0.717, 1.165) is 0 Å². The molecule has 10 rings (SSSR count). The molecular formula is C52H36Si. The molecule has 0 unspecified atom stereocenters. The number of allylic oxidation sites excluding steroid dienone is 2. The molecule has 0 amide bonds. The normalized spacial score (nSPS) is 14.0. The average molecular weight is 689 g/mol. The van der Waals surface area contributed by atoms with E-state index in [1.165, 1.54) is 87.5 Å². The summed E-state index contributed by atoms with van der Waals surface area (Å²) in [6.45, 7) is 0. The number of rotatable bonds is 6. The van der Waals surface area contributed by atoms with E-state index in [1.54, 1.807) is 0 Å². The van der Waals surface area contributed by atoms with Gasteiger partial charge in [-0.15, -0.1) is 0 Å². The Morgan fingerprint density at radius 2 is 0.472 bits per heavy atom. The third-order valence-electron chi connectivity index (χ3n) is 11.1. The standard InChI is InChI=1S/C52H36Si/c1-5-17-37(18-6-1)39-29-33-43(34-30-39)51-49(41-21-9-3-10-22-41)50(42-23-11-4-12-24-42)52(44-35-31-40(32-36-44)38-19-7-2-8-20-38)53(51)47-27-15-13-25-45(47)46-26-14-16-28-48(46)53/h1-36H. The first-order valence-electron chi connectivity index (χ1n) is 18.4. The van der Waals surface area contributed by atoms with E-state index in [-0.39, 0.29) is 0 Å². The van der Waals surface area contributed by atoms with Gasteiger partial charge < -0.3 is 0 Å². The van der Waals surface area contributed by atoms with Gasteiger partial charge in [-0.25, -0.2) is 0 Å². The van der Waals surface area contributed by atoms with Gasteiger partial charge in [0.05, 0.1) is 0 Å². The molecule has 0 N–H and O–H groups in total. The minimum Gasteiger partial charge on any atom is -0.0623 e. The van der Waals surface area contributed by atoms with Crippen molar-refractivity contribution < 1.29 is 0 Å². The number of hydrogen-bond acceptors (Lipinski definition) is 0. The van der Waals surface area contributed by atoms with Crippen LogP contribution >= 0.6 is 0 Å². The lowest BCUT2D eigenvalue weighted by atomic mass is 9.89. The lowest BCUT2D eigenvalue weighted by molar-refractivity contribution is 1.57. The Morgan fingerprint density at radius 3 is 0.830 bits per heavy atom. The summed E-state index contributed by atoms with van der Waals surface area (Å²) in [4.78, 5) is 0. The summed E-state index contributed by atoms with van der Waals surface area (Å²) >= 11 is 0. The number of fused-ring (bicyclic) bond motifs is 5. The molecule has 0 bridgehead atoms. The zero-order chi connectivity index (χ0) is 35.2. The first kappa shape index (κ1) is 31.2. The van der Waals surface area contributed by atoms with Gasteiger partial charge in [0, 0.05) is 0 Å². The van der Waals surface area contributed by atoms with Crippen molar-refractivity contribution in [2.24, 2.45) is 0 Å². The van der Waals surface area contributed by atoms with Gasteiger partial charge in [0.2, 0.25) is 0 Å². The zero-order valence-corrected chi connectivity index (χ0v) is 30.3. The van der Waals surface area contributed by atoms with Crippen LogP contribution in [-0.2, 0) is 0 Å². The summed E-state index contributed by atoms with van der Waals surface area (Å²) in [7, 11) is -2.98. The van der Waals surface area contributed by atoms with Crippen LogP contribution in [0.15, 0.2) is 218 Å². The second-order valence-corrected chi connectivity index (χ2v) is 17.5. The molecule has 0 atom stereocenters.